The summed E-state index contributed by atoms with van der Waals surface area (Å²) < 4.78 is 0. The zero-order valence-corrected chi connectivity index (χ0v) is 15.1. The topological polar surface area (TPSA) is 79.9 Å². The van der Waals surface area contributed by atoms with Gasteiger partial charge in [0.1, 0.15) is 6.29 Å². The van der Waals surface area contributed by atoms with Crippen LogP contribution in [0.15, 0.2) is 60.8 Å². The molecule has 0 unspecified atom stereocenters. The minimum atomic E-state index is 0.608. The molecule has 0 aromatic heterocycles. The Morgan fingerprint density at radius 2 is 1.44 bits per heavy atom. The molecule has 5 heteroatoms. The first-order valence-electron chi connectivity index (χ1n) is 8.93. The van der Waals surface area contributed by atoms with Crippen LogP contribution < -0.4 is 10.4 Å². The Morgan fingerprint density at radius 1 is 0.852 bits per heavy atom. The first-order valence-corrected chi connectivity index (χ1v) is 8.93. The molecular formula is C22H22N4O. The second-order valence-electron chi connectivity index (χ2n) is 6.02. The van der Waals surface area contributed by atoms with E-state index in [9.17, 15) is 4.79 Å². The number of anilines is 2. The van der Waals surface area contributed by atoms with Crippen molar-refractivity contribution < 1.29 is 4.79 Å². The summed E-state index contributed by atoms with van der Waals surface area (Å²) >= 11 is 0. The van der Waals surface area contributed by atoms with Gasteiger partial charge in [0, 0.05) is 12.6 Å². The minimum Gasteiger partial charge on any atom is -0.303 e. The normalized spacial score (nSPS) is 10.1. The van der Waals surface area contributed by atoms with Crippen molar-refractivity contribution in [3.63, 3.8) is 0 Å². The number of allylic oxidation sites excluding steroid dienone is 1. The number of nitrogens with one attached hydrogen (secondary N) is 1. The number of hydrogen-bond donors (Lipinski definition) is 1. The van der Waals surface area contributed by atoms with Crippen molar-refractivity contribution in [2.45, 2.75) is 32.1 Å². The van der Waals surface area contributed by atoms with Gasteiger partial charge in [-0.15, -0.1) is 0 Å². The number of hydrazine groups is 1. The molecular weight excluding hydrogens is 336 g/mol. The maximum atomic E-state index is 10.3. The summed E-state index contributed by atoms with van der Waals surface area (Å²) in [6.07, 6.45) is 9.53. The molecule has 2 rings (SSSR count). The van der Waals surface area contributed by atoms with Crippen molar-refractivity contribution in [2.24, 2.45) is 0 Å². The van der Waals surface area contributed by atoms with E-state index in [1.807, 2.05) is 35.5 Å². The lowest BCUT2D eigenvalue weighted by Gasteiger charge is -2.23. The van der Waals surface area contributed by atoms with Crippen LogP contribution in [0, 0.1) is 22.7 Å². The zero-order chi connectivity index (χ0) is 19.3. The molecule has 0 radical (unpaired) electrons. The van der Waals surface area contributed by atoms with Crippen LogP contribution in [0.5, 0.6) is 0 Å². The maximum Gasteiger partial charge on any atom is 0.119 e. The highest BCUT2D eigenvalue weighted by Crippen LogP contribution is 2.19. The second-order valence-corrected chi connectivity index (χ2v) is 6.02. The molecule has 0 heterocycles. The molecule has 2 aromatic rings. The van der Waals surface area contributed by atoms with Crippen molar-refractivity contribution >= 4 is 17.7 Å². The van der Waals surface area contributed by atoms with E-state index < -0.39 is 0 Å². The van der Waals surface area contributed by atoms with Gasteiger partial charge in [0.15, 0.2) is 0 Å². The highest BCUT2D eigenvalue weighted by Gasteiger charge is 2.04. The van der Waals surface area contributed by atoms with Crippen molar-refractivity contribution in [1.82, 2.24) is 0 Å². The molecule has 136 valence electrons. The summed E-state index contributed by atoms with van der Waals surface area (Å²) in [5.41, 5.74) is 6.27. The second kappa shape index (κ2) is 11.1. The Balaban J connectivity index is 2.06. The van der Waals surface area contributed by atoms with Crippen molar-refractivity contribution in [3.8, 4) is 12.1 Å². The number of unbranched alkanes of at least 4 members (excludes halogenated alkanes) is 4. The number of carbonyl (C=O) groups excluding carboxylic acids is 1. The Hall–Kier alpha value is -3.57. The summed E-state index contributed by atoms with van der Waals surface area (Å²) in [6, 6.07) is 18.8. The predicted octanol–water partition coefficient (Wildman–Crippen LogP) is 4.93. The molecule has 5 nitrogen and oxygen atoms in total. The monoisotopic (exact) mass is 358 g/mol. The molecule has 0 saturated heterocycles. The third-order valence-corrected chi connectivity index (χ3v) is 3.99. The first kappa shape index (κ1) is 19.8. The van der Waals surface area contributed by atoms with E-state index in [0.29, 0.717) is 17.5 Å². The number of benzene rings is 2. The van der Waals surface area contributed by atoms with Gasteiger partial charge >= 0.3 is 0 Å². The van der Waals surface area contributed by atoms with E-state index in [1.165, 1.54) is 0 Å². The van der Waals surface area contributed by atoms with E-state index in [4.69, 9.17) is 10.5 Å². The molecule has 27 heavy (non-hydrogen) atoms. The van der Waals surface area contributed by atoms with Gasteiger partial charge in [-0.2, -0.15) is 10.5 Å². The van der Waals surface area contributed by atoms with Crippen LogP contribution in [0.25, 0.3) is 0 Å². The average molecular weight is 358 g/mol. The average Bonchev–Trinajstić information content (AvgIpc) is 2.73. The van der Waals surface area contributed by atoms with Crippen LogP contribution in [0.1, 0.15) is 43.2 Å². The number of carbonyl (C=O) groups is 1. The van der Waals surface area contributed by atoms with Gasteiger partial charge in [-0.05, 0) is 67.8 Å². The number of rotatable bonds is 10. The van der Waals surface area contributed by atoms with Gasteiger partial charge in [0.2, 0.25) is 0 Å². The van der Waals surface area contributed by atoms with Crippen LogP contribution in [0.4, 0.5) is 11.4 Å². The quantitative estimate of drug-likeness (QED) is 0.370. The number of nitrogens with zero attached hydrogens (tertiary/aromatic N) is 3. The lowest BCUT2D eigenvalue weighted by molar-refractivity contribution is -0.107. The number of hydrogen-bond acceptors (Lipinski definition) is 5. The van der Waals surface area contributed by atoms with Crippen LogP contribution in [0.2, 0.25) is 0 Å². The molecule has 0 aliphatic rings. The van der Waals surface area contributed by atoms with Gasteiger partial charge in [0.25, 0.3) is 0 Å². The summed E-state index contributed by atoms with van der Waals surface area (Å²) in [5, 5.41) is 19.8. The Labute approximate surface area is 160 Å². The molecule has 0 saturated carbocycles. The minimum absolute atomic E-state index is 0.608. The summed E-state index contributed by atoms with van der Waals surface area (Å²) in [6.45, 7) is 0. The van der Waals surface area contributed by atoms with Crippen molar-refractivity contribution in [2.75, 3.05) is 10.4 Å². The van der Waals surface area contributed by atoms with E-state index in [1.54, 1.807) is 24.3 Å². The zero-order valence-electron chi connectivity index (χ0n) is 15.1. The smallest absolute Gasteiger partial charge is 0.119 e. The number of aldehydes is 1. The Kier molecular flexibility index (Phi) is 8.14. The van der Waals surface area contributed by atoms with E-state index in [-0.39, 0.29) is 0 Å². The summed E-state index contributed by atoms with van der Waals surface area (Å²) in [7, 11) is 0. The van der Waals surface area contributed by atoms with E-state index in [0.717, 1.165) is 43.3 Å². The molecule has 0 bridgehead atoms. The predicted molar refractivity (Wildman–Crippen MR) is 107 cm³/mol. The van der Waals surface area contributed by atoms with Crippen molar-refractivity contribution in [3.05, 3.63) is 71.9 Å². The third-order valence-electron chi connectivity index (χ3n) is 3.99. The molecule has 0 spiro atoms. The van der Waals surface area contributed by atoms with Crippen LogP contribution >= 0.6 is 0 Å². The van der Waals surface area contributed by atoms with Gasteiger partial charge < -0.3 is 4.79 Å². The molecule has 0 atom stereocenters. The molecule has 0 aliphatic carbocycles. The van der Waals surface area contributed by atoms with Gasteiger partial charge in [0.05, 0.1) is 34.6 Å². The molecule has 0 aliphatic heterocycles. The maximum absolute atomic E-state index is 10.3. The highest BCUT2D eigenvalue weighted by molar-refractivity contribution is 5.59. The third kappa shape index (κ3) is 6.68. The fourth-order valence-electron chi connectivity index (χ4n) is 2.49. The Morgan fingerprint density at radius 3 is 2.04 bits per heavy atom. The van der Waals surface area contributed by atoms with Crippen molar-refractivity contribution in [1.29, 1.82) is 10.5 Å². The van der Waals surface area contributed by atoms with Crippen LogP contribution in [-0.4, -0.2) is 6.29 Å². The lowest BCUT2D eigenvalue weighted by Crippen LogP contribution is -2.23. The first-order chi connectivity index (χ1) is 13.3. The molecule has 0 amide bonds. The van der Waals surface area contributed by atoms with Gasteiger partial charge in [-0.25, -0.2) is 0 Å². The molecule has 2 aromatic carbocycles. The fourth-order valence-corrected chi connectivity index (χ4v) is 2.49. The highest BCUT2D eigenvalue weighted by atomic mass is 16.1. The molecule has 0 fully saturated rings. The summed E-state index contributed by atoms with van der Waals surface area (Å²) in [5.74, 6) is 0. The van der Waals surface area contributed by atoms with Gasteiger partial charge in [-0.1, -0.05) is 12.5 Å². The lowest BCUT2D eigenvalue weighted by atomic mass is 10.1. The molecule has 1 N–H and O–H groups in total. The van der Waals surface area contributed by atoms with E-state index >= 15 is 0 Å². The van der Waals surface area contributed by atoms with Crippen LogP contribution in [-0.2, 0) is 4.79 Å². The summed E-state index contributed by atoms with van der Waals surface area (Å²) in [4.78, 5) is 10.3. The largest absolute Gasteiger partial charge is 0.303 e. The van der Waals surface area contributed by atoms with E-state index in [2.05, 4.69) is 23.6 Å². The van der Waals surface area contributed by atoms with Crippen LogP contribution in [0.3, 0.4) is 0 Å². The van der Waals surface area contributed by atoms with Gasteiger partial charge in [-0.3, -0.25) is 10.4 Å². The standard InChI is InChI=1S/C22H22N4O/c23-17-19-7-11-21(12-8-19)25-26(15-5-3-1-2-4-6-16-27)22-13-9-20(18-24)10-14-22/h5,7-16,25H,1-4,6H2/b15-5-. The number of nitriles is 2. The Bertz CT molecular complexity index is 827. The SMILES string of the molecule is N#Cc1ccc(NN(/C=C\CCCCCC=O)c2ccc(C#N)cc2)cc1. The fraction of sp³-hybridized carbons (Fsp3) is 0.227.